The van der Waals surface area contributed by atoms with Gasteiger partial charge in [-0.1, -0.05) is 25.5 Å². The molecule has 0 radical (unpaired) electrons. The van der Waals surface area contributed by atoms with Crippen LogP contribution in [-0.4, -0.2) is 56.0 Å². The topological polar surface area (TPSA) is 109 Å². The zero-order chi connectivity index (χ0) is 25.1. The molecule has 0 saturated carbocycles. The molecule has 2 N–H and O–H groups in total. The number of anilines is 1. The van der Waals surface area contributed by atoms with E-state index in [-0.39, 0.29) is 12.2 Å². The summed E-state index contributed by atoms with van der Waals surface area (Å²) in [5, 5.41) is 9.44. The number of hydrogen-bond donors (Lipinski definition) is 2. The summed E-state index contributed by atoms with van der Waals surface area (Å²) in [4.78, 5) is 18.1. The highest BCUT2D eigenvalue weighted by atomic mass is 32.2. The van der Waals surface area contributed by atoms with Gasteiger partial charge in [-0.3, -0.25) is 9.78 Å². The zero-order valence-electron chi connectivity index (χ0n) is 20.4. The van der Waals surface area contributed by atoms with Gasteiger partial charge in [-0.2, -0.15) is 0 Å². The molecule has 1 atom stereocenters. The van der Waals surface area contributed by atoms with Gasteiger partial charge in [0.15, 0.2) is 0 Å². The number of carboxylic acids is 1. The number of aromatic nitrogens is 1. The van der Waals surface area contributed by atoms with Crippen LogP contribution in [0.15, 0.2) is 48.8 Å². The highest BCUT2D eigenvalue weighted by Gasteiger charge is 2.24. The molecule has 1 unspecified atom stereocenters. The maximum absolute atomic E-state index is 12.1. The zero-order valence-corrected chi connectivity index (χ0v) is 21.3. The Bertz CT molecular complexity index is 1010. The van der Waals surface area contributed by atoms with Crippen LogP contribution in [0.4, 0.5) is 5.69 Å². The number of nitrogens with one attached hydrogen (secondary N) is 1. The fraction of sp³-hybridized carbons (Fsp3) is 0.538. The predicted octanol–water partition coefficient (Wildman–Crippen LogP) is 3.87. The lowest BCUT2D eigenvalue weighted by Gasteiger charge is -2.33. The second-order valence-corrected chi connectivity index (χ2v) is 11.0. The molecule has 1 aromatic carbocycles. The number of rotatable bonds is 14. The van der Waals surface area contributed by atoms with E-state index in [2.05, 4.69) is 26.7 Å². The molecule has 0 amide bonds. The van der Waals surface area contributed by atoms with Gasteiger partial charge in [-0.15, -0.1) is 0 Å². The minimum atomic E-state index is -3.62. The van der Waals surface area contributed by atoms with Crippen molar-refractivity contribution in [3.05, 3.63) is 54.4 Å². The van der Waals surface area contributed by atoms with E-state index in [9.17, 15) is 18.3 Å². The molecule has 1 aliphatic rings. The van der Waals surface area contributed by atoms with Crippen molar-refractivity contribution in [1.29, 1.82) is 0 Å². The Morgan fingerprint density at radius 3 is 2.46 bits per heavy atom. The quantitative estimate of drug-likeness (QED) is 0.377. The van der Waals surface area contributed by atoms with E-state index in [0.29, 0.717) is 18.9 Å². The van der Waals surface area contributed by atoms with Crippen LogP contribution in [0.5, 0.6) is 5.75 Å². The molecule has 192 valence electrons. The lowest BCUT2D eigenvalue weighted by atomic mass is 9.92. The predicted molar refractivity (Wildman–Crippen MR) is 137 cm³/mol. The molecule has 0 aliphatic carbocycles. The molecule has 3 rings (SSSR count). The monoisotopic (exact) mass is 503 g/mol. The average molecular weight is 504 g/mol. The minimum absolute atomic E-state index is 0.0656. The van der Waals surface area contributed by atoms with Crippen molar-refractivity contribution in [2.24, 2.45) is 5.92 Å². The van der Waals surface area contributed by atoms with Crippen molar-refractivity contribution < 1.29 is 23.1 Å². The number of carbonyl (C=O) groups is 1. The van der Waals surface area contributed by atoms with E-state index in [0.717, 1.165) is 43.7 Å². The molecule has 1 aromatic heterocycles. The van der Waals surface area contributed by atoms with E-state index in [1.165, 1.54) is 18.5 Å². The molecule has 0 bridgehead atoms. The van der Waals surface area contributed by atoms with Gasteiger partial charge in [0.05, 0.1) is 12.4 Å². The number of benzene rings is 1. The summed E-state index contributed by atoms with van der Waals surface area (Å²) in [5.74, 6) is 0.200. The molecule has 0 spiro atoms. The minimum Gasteiger partial charge on any atom is -0.494 e. The summed E-state index contributed by atoms with van der Waals surface area (Å²) in [6.07, 6.45) is 9.48. The normalized spacial score (nSPS) is 15.6. The first-order valence-electron chi connectivity index (χ1n) is 12.5. The van der Waals surface area contributed by atoms with Gasteiger partial charge in [0.1, 0.15) is 11.8 Å². The molecule has 1 fully saturated rings. The number of sulfonamides is 1. The fourth-order valence-electron chi connectivity index (χ4n) is 4.34. The Morgan fingerprint density at radius 2 is 1.83 bits per heavy atom. The van der Waals surface area contributed by atoms with Crippen LogP contribution in [0.25, 0.3) is 0 Å². The molecule has 2 aromatic rings. The Labute approximate surface area is 208 Å². The molecule has 8 nitrogen and oxygen atoms in total. The number of piperidine rings is 1. The largest absolute Gasteiger partial charge is 0.494 e. The van der Waals surface area contributed by atoms with E-state index < -0.39 is 22.0 Å². The highest BCUT2D eigenvalue weighted by Crippen LogP contribution is 2.25. The number of pyridine rings is 1. The van der Waals surface area contributed by atoms with Crippen LogP contribution in [0, 0.1) is 5.92 Å². The van der Waals surface area contributed by atoms with Crippen LogP contribution < -0.4 is 14.4 Å². The van der Waals surface area contributed by atoms with Gasteiger partial charge in [0.25, 0.3) is 0 Å². The van der Waals surface area contributed by atoms with Gasteiger partial charge in [0, 0.05) is 31.2 Å². The van der Waals surface area contributed by atoms with Crippen molar-refractivity contribution in [3.8, 4) is 5.75 Å². The van der Waals surface area contributed by atoms with Gasteiger partial charge in [0.2, 0.25) is 10.0 Å². The molecular weight excluding hydrogens is 466 g/mol. The summed E-state index contributed by atoms with van der Waals surface area (Å²) in [7, 11) is -3.62. The van der Waals surface area contributed by atoms with Crippen molar-refractivity contribution >= 4 is 21.7 Å². The lowest BCUT2D eigenvalue weighted by molar-refractivity contribution is -0.138. The first-order chi connectivity index (χ1) is 16.9. The number of ether oxygens (including phenoxy) is 1. The third-order valence-electron chi connectivity index (χ3n) is 6.42. The van der Waals surface area contributed by atoms with Crippen LogP contribution in [0.1, 0.15) is 51.0 Å². The highest BCUT2D eigenvalue weighted by molar-refractivity contribution is 7.89. The smallest absolute Gasteiger partial charge is 0.322 e. The summed E-state index contributed by atoms with van der Waals surface area (Å²) >= 11 is 0. The van der Waals surface area contributed by atoms with E-state index >= 15 is 0 Å². The van der Waals surface area contributed by atoms with Gasteiger partial charge in [-0.05, 0) is 74.3 Å². The van der Waals surface area contributed by atoms with E-state index in [1.54, 1.807) is 12.1 Å². The van der Waals surface area contributed by atoms with Crippen LogP contribution in [0.2, 0.25) is 0 Å². The molecule has 9 heteroatoms. The van der Waals surface area contributed by atoms with Gasteiger partial charge < -0.3 is 14.7 Å². The standard InChI is InChI=1S/C26H37N3O5S/c1-2-3-19-35(32,33)28-25(26(30)31)20-22-6-8-24(9-7-22)34-18-4-5-21-12-16-29(17-13-21)23-10-14-27-15-11-23/h6-11,14-15,21,25,28H,2-5,12-13,16-20H2,1H3,(H,30,31). The number of carboxylic acid groups (broad SMARTS) is 1. The van der Waals surface area contributed by atoms with Crippen LogP contribution in [0.3, 0.4) is 0 Å². The Balaban J connectivity index is 1.37. The molecular formula is C26H37N3O5S. The fourth-order valence-corrected chi connectivity index (χ4v) is 5.75. The lowest BCUT2D eigenvalue weighted by Crippen LogP contribution is -2.43. The molecule has 35 heavy (non-hydrogen) atoms. The molecule has 1 aliphatic heterocycles. The van der Waals surface area contributed by atoms with E-state index in [4.69, 9.17) is 4.74 Å². The number of aliphatic carboxylic acids is 1. The second kappa shape index (κ2) is 13.4. The first kappa shape index (κ1) is 26.9. The van der Waals surface area contributed by atoms with Gasteiger partial charge in [-0.25, -0.2) is 13.1 Å². The first-order valence-corrected chi connectivity index (χ1v) is 14.1. The van der Waals surface area contributed by atoms with Crippen LogP contribution in [-0.2, 0) is 21.2 Å². The average Bonchev–Trinajstić information content (AvgIpc) is 2.87. The van der Waals surface area contributed by atoms with E-state index in [1.807, 2.05) is 31.5 Å². The Kier molecular flexibility index (Phi) is 10.3. The third kappa shape index (κ3) is 9.14. The summed E-state index contributed by atoms with van der Waals surface area (Å²) in [5.41, 5.74) is 1.98. The summed E-state index contributed by atoms with van der Waals surface area (Å²) in [6.45, 7) is 4.67. The summed E-state index contributed by atoms with van der Waals surface area (Å²) < 4.78 is 32.4. The Hall–Kier alpha value is -2.65. The van der Waals surface area contributed by atoms with Crippen molar-refractivity contribution in [2.45, 2.75) is 57.9 Å². The van der Waals surface area contributed by atoms with Crippen molar-refractivity contribution in [2.75, 3.05) is 30.3 Å². The maximum Gasteiger partial charge on any atom is 0.322 e. The molecule has 1 saturated heterocycles. The number of unbranched alkanes of at least 4 members (excludes halogenated alkanes) is 1. The maximum atomic E-state index is 12.1. The van der Waals surface area contributed by atoms with Crippen molar-refractivity contribution in [1.82, 2.24) is 9.71 Å². The van der Waals surface area contributed by atoms with Crippen molar-refractivity contribution in [3.63, 3.8) is 0 Å². The second-order valence-electron chi connectivity index (χ2n) is 9.16. The SMILES string of the molecule is CCCCS(=O)(=O)NC(Cc1ccc(OCCCC2CCN(c3ccncc3)CC2)cc1)C(=O)O. The van der Waals surface area contributed by atoms with Crippen LogP contribution >= 0.6 is 0 Å². The Morgan fingerprint density at radius 1 is 1.14 bits per heavy atom. The number of nitrogens with zero attached hydrogens (tertiary/aromatic N) is 2. The summed E-state index contributed by atoms with van der Waals surface area (Å²) in [6, 6.07) is 10.1. The van der Waals surface area contributed by atoms with Gasteiger partial charge >= 0.3 is 5.97 Å². The third-order valence-corrected chi connectivity index (χ3v) is 7.89. The number of hydrogen-bond acceptors (Lipinski definition) is 6. The molecule has 2 heterocycles.